The van der Waals surface area contributed by atoms with E-state index in [-0.39, 0.29) is 0 Å². The lowest BCUT2D eigenvalue weighted by Crippen LogP contribution is -1.82. The van der Waals surface area contributed by atoms with Crippen LogP contribution in [0.2, 0.25) is 0 Å². The second kappa shape index (κ2) is 4.63. The number of nitrogen functional groups attached to an aromatic ring is 2. The molecule has 0 radical (unpaired) electrons. The summed E-state index contributed by atoms with van der Waals surface area (Å²) in [4.78, 5) is 15.4. The van der Waals surface area contributed by atoms with E-state index in [0.717, 1.165) is 33.7 Å². The van der Waals surface area contributed by atoms with Crippen molar-refractivity contribution in [1.82, 2.24) is 19.9 Å². The van der Waals surface area contributed by atoms with Crippen LogP contribution in [-0.4, -0.2) is 19.9 Å². The van der Waals surface area contributed by atoms with Crippen LogP contribution in [0.1, 0.15) is 11.6 Å². The minimum atomic E-state index is 0.710. The van der Waals surface area contributed by atoms with E-state index in [1.165, 1.54) is 0 Å². The SMILES string of the molecule is Nc1ccc2nc(/C=C/c3nc4ccc(N)cc4[nH]3)[nH]c2c1. The van der Waals surface area contributed by atoms with Crippen molar-refractivity contribution in [3.8, 4) is 0 Å². The quantitative estimate of drug-likeness (QED) is 0.425. The van der Waals surface area contributed by atoms with Gasteiger partial charge in [-0.15, -0.1) is 0 Å². The molecule has 4 aromatic rings. The van der Waals surface area contributed by atoms with Gasteiger partial charge in [0.2, 0.25) is 0 Å². The van der Waals surface area contributed by atoms with Crippen LogP contribution in [0, 0.1) is 0 Å². The first-order valence-electron chi connectivity index (χ1n) is 6.86. The molecule has 22 heavy (non-hydrogen) atoms. The Bertz CT molecular complexity index is 926. The summed E-state index contributed by atoms with van der Waals surface area (Å²) >= 11 is 0. The molecule has 0 atom stereocenters. The Morgan fingerprint density at radius 1 is 0.727 bits per heavy atom. The fourth-order valence-electron chi connectivity index (χ4n) is 2.41. The molecule has 2 aromatic heterocycles. The molecule has 0 saturated heterocycles. The topological polar surface area (TPSA) is 109 Å². The second-order valence-corrected chi connectivity index (χ2v) is 5.13. The lowest BCUT2D eigenvalue weighted by atomic mass is 10.3. The number of nitrogens with one attached hydrogen (secondary N) is 2. The van der Waals surface area contributed by atoms with Gasteiger partial charge in [-0.3, -0.25) is 0 Å². The van der Waals surface area contributed by atoms with Crippen LogP contribution in [0.4, 0.5) is 11.4 Å². The van der Waals surface area contributed by atoms with Gasteiger partial charge in [0.1, 0.15) is 11.6 Å². The average molecular weight is 290 g/mol. The molecule has 0 spiro atoms. The Morgan fingerprint density at radius 3 is 1.64 bits per heavy atom. The molecule has 108 valence electrons. The van der Waals surface area contributed by atoms with Crippen LogP contribution >= 0.6 is 0 Å². The van der Waals surface area contributed by atoms with Gasteiger partial charge in [0.05, 0.1) is 22.1 Å². The van der Waals surface area contributed by atoms with E-state index < -0.39 is 0 Å². The van der Waals surface area contributed by atoms with Crippen molar-refractivity contribution in [1.29, 1.82) is 0 Å². The Morgan fingerprint density at radius 2 is 1.18 bits per heavy atom. The zero-order valence-corrected chi connectivity index (χ0v) is 11.7. The summed E-state index contributed by atoms with van der Waals surface area (Å²) in [5, 5.41) is 0. The maximum atomic E-state index is 5.76. The van der Waals surface area contributed by atoms with Gasteiger partial charge in [0.25, 0.3) is 0 Å². The Kier molecular flexibility index (Phi) is 2.62. The Balaban J connectivity index is 1.68. The number of anilines is 2. The standard InChI is InChI=1S/C16H14N6/c17-9-1-3-11-13(7-9)21-15(19-11)5-6-16-20-12-4-2-10(18)8-14(12)22-16/h1-8H,17-18H2,(H,19,21)(H,20,22)/b6-5+. The maximum Gasteiger partial charge on any atom is 0.131 e. The van der Waals surface area contributed by atoms with Crippen molar-refractivity contribution in [2.45, 2.75) is 0 Å². The molecule has 6 nitrogen and oxygen atoms in total. The first-order chi connectivity index (χ1) is 10.7. The number of aromatic amines is 2. The molecule has 2 aromatic carbocycles. The molecule has 2 heterocycles. The van der Waals surface area contributed by atoms with Crippen molar-refractivity contribution >= 4 is 45.6 Å². The molecule has 6 N–H and O–H groups in total. The predicted octanol–water partition coefficient (Wildman–Crippen LogP) is 2.77. The minimum absolute atomic E-state index is 0.710. The number of imidazole rings is 2. The number of aromatic nitrogens is 4. The molecule has 0 bridgehead atoms. The molecule has 0 aliphatic rings. The Labute approximate surface area is 125 Å². The number of nitrogens with two attached hydrogens (primary N) is 2. The first kappa shape index (κ1) is 12.5. The molecule has 0 aliphatic carbocycles. The lowest BCUT2D eigenvalue weighted by molar-refractivity contribution is 1.27. The number of benzene rings is 2. The van der Waals surface area contributed by atoms with Gasteiger partial charge < -0.3 is 21.4 Å². The van der Waals surface area contributed by atoms with Gasteiger partial charge in [-0.2, -0.15) is 0 Å². The third-order valence-electron chi connectivity index (χ3n) is 3.45. The minimum Gasteiger partial charge on any atom is -0.399 e. The molecule has 0 saturated carbocycles. The summed E-state index contributed by atoms with van der Waals surface area (Å²) in [5.41, 5.74) is 16.5. The summed E-state index contributed by atoms with van der Waals surface area (Å²) in [6.07, 6.45) is 3.74. The van der Waals surface area contributed by atoms with E-state index in [1.54, 1.807) is 0 Å². The van der Waals surface area contributed by atoms with E-state index >= 15 is 0 Å². The van der Waals surface area contributed by atoms with Crippen molar-refractivity contribution in [2.24, 2.45) is 0 Å². The monoisotopic (exact) mass is 290 g/mol. The third-order valence-corrected chi connectivity index (χ3v) is 3.45. The van der Waals surface area contributed by atoms with Gasteiger partial charge in [-0.25, -0.2) is 9.97 Å². The number of rotatable bonds is 2. The Hall–Kier alpha value is -3.28. The van der Waals surface area contributed by atoms with E-state index in [1.807, 2.05) is 48.6 Å². The van der Waals surface area contributed by atoms with Crippen LogP contribution in [0.15, 0.2) is 36.4 Å². The van der Waals surface area contributed by atoms with Crippen molar-refractivity contribution < 1.29 is 0 Å². The van der Waals surface area contributed by atoms with Crippen LogP contribution in [0.25, 0.3) is 34.2 Å². The van der Waals surface area contributed by atoms with E-state index in [9.17, 15) is 0 Å². The van der Waals surface area contributed by atoms with Gasteiger partial charge in [-0.05, 0) is 48.6 Å². The smallest absolute Gasteiger partial charge is 0.131 e. The predicted molar refractivity (Wildman–Crippen MR) is 89.9 cm³/mol. The third kappa shape index (κ3) is 2.16. The number of hydrogen-bond acceptors (Lipinski definition) is 4. The molecule has 4 rings (SSSR count). The normalized spacial score (nSPS) is 11.8. The highest BCUT2D eigenvalue weighted by Crippen LogP contribution is 2.18. The van der Waals surface area contributed by atoms with Gasteiger partial charge in [0.15, 0.2) is 0 Å². The molecule has 0 fully saturated rings. The summed E-state index contributed by atoms with van der Waals surface area (Å²) in [6.45, 7) is 0. The largest absolute Gasteiger partial charge is 0.399 e. The lowest BCUT2D eigenvalue weighted by Gasteiger charge is -1.89. The molecule has 6 heteroatoms. The summed E-state index contributed by atoms with van der Waals surface area (Å²) < 4.78 is 0. The highest BCUT2D eigenvalue weighted by atomic mass is 14.9. The van der Waals surface area contributed by atoms with Crippen LogP contribution in [0.5, 0.6) is 0 Å². The number of nitrogens with zero attached hydrogens (tertiary/aromatic N) is 2. The molecule has 0 aliphatic heterocycles. The summed E-state index contributed by atoms with van der Waals surface area (Å²) in [6, 6.07) is 11.2. The van der Waals surface area contributed by atoms with Crippen molar-refractivity contribution in [3.05, 3.63) is 48.0 Å². The van der Waals surface area contributed by atoms with E-state index in [4.69, 9.17) is 11.5 Å². The number of hydrogen-bond donors (Lipinski definition) is 4. The van der Waals surface area contributed by atoms with Gasteiger partial charge in [-0.1, -0.05) is 0 Å². The van der Waals surface area contributed by atoms with Gasteiger partial charge in [0, 0.05) is 11.4 Å². The number of fused-ring (bicyclic) bond motifs is 2. The van der Waals surface area contributed by atoms with Gasteiger partial charge >= 0.3 is 0 Å². The molecular weight excluding hydrogens is 276 g/mol. The zero-order valence-electron chi connectivity index (χ0n) is 11.7. The van der Waals surface area contributed by atoms with Crippen LogP contribution in [-0.2, 0) is 0 Å². The highest BCUT2D eigenvalue weighted by molar-refractivity contribution is 5.83. The first-order valence-corrected chi connectivity index (χ1v) is 6.86. The summed E-state index contributed by atoms with van der Waals surface area (Å²) in [5.74, 6) is 1.50. The maximum absolute atomic E-state index is 5.76. The molecular formula is C16H14N6. The van der Waals surface area contributed by atoms with E-state index in [0.29, 0.717) is 11.4 Å². The summed E-state index contributed by atoms with van der Waals surface area (Å²) in [7, 11) is 0. The van der Waals surface area contributed by atoms with Crippen LogP contribution in [0.3, 0.4) is 0 Å². The van der Waals surface area contributed by atoms with Crippen molar-refractivity contribution in [3.63, 3.8) is 0 Å². The fraction of sp³-hybridized carbons (Fsp3) is 0. The van der Waals surface area contributed by atoms with E-state index in [2.05, 4.69) is 19.9 Å². The second-order valence-electron chi connectivity index (χ2n) is 5.13. The van der Waals surface area contributed by atoms with Crippen LogP contribution < -0.4 is 11.5 Å². The van der Waals surface area contributed by atoms with Crippen molar-refractivity contribution in [2.75, 3.05) is 11.5 Å². The number of H-pyrrole nitrogens is 2. The molecule has 0 amide bonds. The zero-order chi connectivity index (χ0) is 15.1. The highest BCUT2D eigenvalue weighted by Gasteiger charge is 2.02. The fourth-order valence-corrected chi connectivity index (χ4v) is 2.41. The average Bonchev–Trinajstić information content (AvgIpc) is 3.07. The molecule has 0 unspecified atom stereocenters.